The Morgan fingerprint density at radius 3 is 2.71 bits per heavy atom. The number of nitrogens with zero attached hydrogens (tertiary/aromatic N) is 3. The van der Waals surface area contributed by atoms with E-state index in [0.29, 0.717) is 5.69 Å². The standard InChI is InChI=1S/C19H18F3N5O/c20-19(21,22)12-24-18(28)25-14-4-1-3-13(9-14)16-11-23-17-10-15(5-8-27(16)17)26-6-2-7-26/h1,3-5,8-11H,2,6-7,12H2,(H2,24,25,28). The topological polar surface area (TPSA) is 61.7 Å². The van der Waals surface area contributed by atoms with Crippen LogP contribution in [0.25, 0.3) is 16.9 Å². The Kier molecular flexibility index (Phi) is 4.58. The minimum Gasteiger partial charge on any atom is -0.371 e. The Bertz CT molecular complexity index is 1010. The fraction of sp³-hybridized carbons (Fsp3) is 0.263. The highest BCUT2D eigenvalue weighted by atomic mass is 19.4. The van der Waals surface area contributed by atoms with Crippen molar-refractivity contribution in [3.63, 3.8) is 0 Å². The van der Waals surface area contributed by atoms with Crippen molar-refractivity contribution >= 4 is 23.1 Å². The van der Waals surface area contributed by atoms with Gasteiger partial charge >= 0.3 is 12.2 Å². The third-order valence-electron chi connectivity index (χ3n) is 4.58. The first-order valence-corrected chi connectivity index (χ1v) is 8.83. The zero-order chi connectivity index (χ0) is 19.7. The van der Waals surface area contributed by atoms with Gasteiger partial charge in [-0.1, -0.05) is 12.1 Å². The summed E-state index contributed by atoms with van der Waals surface area (Å²) in [5.74, 6) is 0. The number of alkyl halides is 3. The molecule has 1 fully saturated rings. The summed E-state index contributed by atoms with van der Waals surface area (Å²) in [6, 6.07) is 10.0. The number of amides is 2. The number of carbonyl (C=O) groups is 1. The number of pyridine rings is 1. The highest BCUT2D eigenvalue weighted by Gasteiger charge is 2.27. The quantitative estimate of drug-likeness (QED) is 0.712. The predicted molar refractivity (Wildman–Crippen MR) is 101 cm³/mol. The lowest BCUT2D eigenvalue weighted by Gasteiger charge is -2.33. The molecule has 1 aromatic carbocycles. The van der Waals surface area contributed by atoms with Crippen molar-refractivity contribution in [2.45, 2.75) is 12.6 Å². The van der Waals surface area contributed by atoms with Crippen molar-refractivity contribution in [3.8, 4) is 11.3 Å². The number of carbonyl (C=O) groups excluding carboxylic acids is 1. The van der Waals surface area contributed by atoms with Crippen LogP contribution in [-0.4, -0.2) is 41.2 Å². The Morgan fingerprint density at radius 1 is 1.18 bits per heavy atom. The number of hydrogen-bond donors (Lipinski definition) is 2. The highest BCUT2D eigenvalue weighted by molar-refractivity contribution is 5.90. The first-order valence-electron chi connectivity index (χ1n) is 8.83. The van der Waals surface area contributed by atoms with Gasteiger partial charge in [0.1, 0.15) is 12.2 Å². The first-order chi connectivity index (χ1) is 13.4. The second-order valence-electron chi connectivity index (χ2n) is 6.60. The number of urea groups is 1. The van der Waals surface area contributed by atoms with Crippen LogP contribution in [0.4, 0.5) is 29.3 Å². The summed E-state index contributed by atoms with van der Waals surface area (Å²) in [6.45, 7) is 0.715. The van der Waals surface area contributed by atoms with Gasteiger partial charge in [-0.3, -0.25) is 4.40 Å². The molecular formula is C19H18F3N5O. The average Bonchev–Trinajstić information content (AvgIpc) is 3.01. The summed E-state index contributed by atoms with van der Waals surface area (Å²) in [5.41, 5.74) is 3.94. The van der Waals surface area contributed by atoms with Gasteiger partial charge in [-0.25, -0.2) is 9.78 Å². The van der Waals surface area contributed by atoms with E-state index in [9.17, 15) is 18.0 Å². The minimum absolute atomic E-state index is 0.393. The Hall–Kier alpha value is -3.23. The highest BCUT2D eigenvalue weighted by Crippen LogP contribution is 2.27. The van der Waals surface area contributed by atoms with Gasteiger partial charge in [0.05, 0.1) is 11.9 Å². The zero-order valence-corrected chi connectivity index (χ0v) is 14.8. The number of anilines is 2. The van der Waals surface area contributed by atoms with Crippen LogP contribution in [0.3, 0.4) is 0 Å². The van der Waals surface area contributed by atoms with E-state index in [2.05, 4.69) is 15.2 Å². The maximum absolute atomic E-state index is 12.2. The molecule has 2 N–H and O–H groups in total. The summed E-state index contributed by atoms with van der Waals surface area (Å²) in [6.07, 6.45) is 0.422. The van der Waals surface area contributed by atoms with Crippen molar-refractivity contribution in [1.82, 2.24) is 14.7 Å². The number of imidazole rings is 1. The summed E-state index contributed by atoms with van der Waals surface area (Å²) < 4.78 is 38.5. The molecule has 0 unspecified atom stereocenters. The number of benzene rings is 1. The minimum atomic E-state index is -4.45. The molecule has 2 amide bonds. The van der Waals surface area contributed by atoms with Crippen LogP contribution in [-0.2, 0) is 0 Å². The van der Waals surface area contributed by atoms with Crippen molar-refractivity contribution in [2.24, 2.45) is 0 Å². The molecule has 0 saturated carbocycles. The smallest absolute Gasteiger partial charge is 0.371 e. The number of halogens is 3. The van der Waals surface area contributed by atoms with Gasteiger partial charge in [0.15, 0.2) is 0 Å². The fourth-order valence-electron chi connectivity index (χ4n) is 3.07. The summed E-state index contributed by atoms with van der Waals surface area (Å²) in [7, 11) is 0. The lowest BCUT2D eigenvalue weighted by molar-refractivity contribution is -0.122. The van der Waals surface area contributed by atoms with E-state index in [1.54, 1.807) is 29.7 Å². The van der Waals surface area contributed by atoms with Crippen molar-refractivity contribution < 1.29 is 18.0 Å². The van der Waals surface area contributed by atoms with Crippen LogP contribution >= 0.6 is 0 Å². The number of rotatable bonds is 4. The van der Waals surface area contributed by atoms with Crippen LogP contribution < -0.4 is 15.5 Å². The maximum Gasteiger partial charge on any atom is 0.405 e. The molecule has 3 aromatic rings. The molecule has 9 heteroatoms. The molecule has 0 radical (unpaired) electrons. The third-order valence-corrected chi connectivity index (χ3v) is 4.58. The molecule has 3 heterocycles. The molecule has 0 spiro atoms. The number of hydrogen-bond acceptors (Lipinski definition) is 3. The molecule has 28 heavy (non-hydrogen) atoms. The molecule has 0 aliphatic carbocycles. The van der Waals surface area contributed by atoms with Crippen LogP contribution in [0.5, 0.6) is 0 Å². The van der Waals surface area contributed by atoms with E-state index in [-0.39, 0.29) is 0 Å². The van der Waals surface area contributed by atoms with E-state index in [0.717, 1.165) is 35.7 Å². The van der Waals surface area contributed by atoms with Gasteiger partial charge in [0.25, 0.3) is 0 Å². The van der Waals surface area contributed by atoms with Gasteiger partial charge in [-0.2, -0.15) is 13.2 Å². The van der Waals surface area contributed by atoms with Gasteiger partial charge < -0.3 is 15.5 Å². The molecule has 2 aromatic heterocycles. The van der Waals surface area contributed by atoms with Crippen molar-refractivity contribution in [2.75, 3.05) is 29.9 Å². The summed E-state index contributed by atoms with van der Waals surface area (Å²) in [5, 5.41) is 4.20. The van der Waals surface area contributed by atoms with Crippen LogP contribution in [0.2, 0.25) is 0 Å². The number of fused-ring (bicyclic) bond motifs is 1. The SMILES string of the molecule is O=C(NCC(F)(F)F)Nc1cccc(-c2cnc3cc(N4CCC4)ccn23)c1. The van der Waals surface area contributed by atoms with Crippen molar-refractivity contribution in [3.05, 3.63) is 48.8 Å². The molecular weight excluding hydrogens is 371 g/mol. The zero-order valence-electron chi connectivity index (χ0n) is 14.8. The van der Waals surface area contributed by atoms with Crippen LogP contribution in [0, 0.1) is 0 Å². The van der Waals surface area contributed by atoms with E-state index >= 15 is 0 Å². The second kappa shape index (κ2) is 7.06. The van der Waals surface area contributed by atoms with E-state index in [1.165, 1.54) is 6.42 Å². The summed E-state index contributed by atoms with van der Waals surface area (Å²) in [4.78, 5) is 18.4. The molecule has 146 valence electrons. The lowest BCUT2D eigenvalue weighted by Crippen LogP contribution is -2.36. The maximum atomic E-state index is 12.2. The molecule has 0 atom stereocenters. The van der Waals surface area contributed by atoms with Gasteiger partial charge in [0, 0.05) is 42.3 Å². The second-order valence-corrected chi connectivity index (χ2v) is 6.60. The van der Waals surface area contributed by atoms with Crippen molar-refractivity contribution in [1.29, 1.82) is 0 Å². The monoisotopic (exact) mass is 389 g/mol. The van der Waals surface area contributed by atoms with Gasteiger partial charge in [-0.05, 0) is 24.6 Å². The average molecular weight is 389 g/mol. The van der Waals surface area contributed by atoms with E-state index in [4.69, 9.17) is 0 Å². The number of aromatic nitrogens is 2. The molecule has 1 aliphatic rings. The van der Waals surface area contributed by atoms with E-state index < -0.39 is 18.8 Å². The molecule has 1 aliphatic heterocycles. The predicted octanol–water partition coefficient (Wildman–Crippen LogP) is 3.90. The van der Waals surface area contributed by atoms with E-state index in [1.807, 2.05) is 28.8 Å². The van der Waals surface area contributed by atoms with Gasteiger partial charge in [0.2, 0.25) is 0 Å². The molecule has 6 nitrogen and oxygen atoms in total. The molecule has 1 saturated heterocycles. The Balaban J connectivity index is 1.53. The Morgan fingerprint density at radius 2 is 2.00 bits per heavy atom. The van der Waals surface area contributed by atoms with Crippen LogP contribution in [0.15, 0.2) is 48.8 Å². The molecule has 4 rings (SSSR count). The third kappa shape index (κ3) is 3.88. The van der Waals surface area contributed by atoms with Gasteiger partial charge in [-0.15, -0.1) is 0 Å². The molecule has 0 bridgehead atoms. The fourth-order valence-corrected chi connectivity index (χ4v) is 3.07. The lowest BCUT2D eigenvalue weighted by atomic mass is 10.1. The largest absolute Gasteiger partial charge is 0.405 e. The normalized spacial score (nSPS) is 14.0. The van der Waals surface area contributed by atoms with Crippen LogP contribution in [0.1, 0.15) is 6.42 Å². The Labute approximate surface area is 159 Å². The first kappa shape index (κ1) is 18.1. The summed E-state index contributed by atoms with van der Waals surface area (Å²) >= 11 is 0. The number of nitrogens with one attached hydrogen (secondary N) is 2.